The summed E-state index contributed by atoms with van der Waals surface area (Å²) in [6, 6.07) is 22.2. The lowest BCUT2D eigenvalue weighted by atomic mass is 9.95. The first kappa shape index (κ1) is 28.6. The van der Waals surface area contributed by atoms with E-state index in [4.69, 9.17) is 16.6 Å². The molecule has 0 radical (unpaired) electrons. The maximum atomic E-state index is 13.5. The molecule has 10 nitrogen and oxygen atoms in total. The molecule has 1 fully saturated rings. The van der Waals surface area contributed by atoms with Crippen LogP contribution in [-0.4, -0.2) is 47.1 Å². The fraction of sp³-hybridized carbons (Fsp3) is 0.226. The number of para-hydroxylation sites is 1. The number of imidazole rings is 1. The highest BCUT2D eigenvalue weighted by atomic mass is 35.5. The zero-order valence-electron chi connectivity index (χ0n) is 23.9. The Balaban J connectivity index is 1.23. The summed E-state index contributed by atoms with van der Waals surface area (Å²) in [5.74, 6) is 1.38. The number of anilines is 5. The number of nitrogens with zero attached hydrogens (tertiary/aromatic N) is 5. The van der Waals surface area contributed by atoms with Gasteiger partial charge in [-0.25, -0.2) is 18.4 Å². The number of benzene rings is 3. The Hall–Kier alpha value is -4.48. The predicted octanol–water partition coefficient (Wildman–Crippen LogP) is 5.74. The van der Waals surface area contributed by atoms with Crippen molar-refractivity contribution in [1.29, 1.82) is 0 Å². The first-order chi connectivity index (χ1) is 20.5. The molecule has 0 bridgehead atoms. The molecular weight excluding hydrogens is 586 g/mol. The van der Waals surface area contributed by atoms with Crippen molar-refractivity contribution in [2.75, 3.05) is 28.8 Å². The molecule has 3 aromatic carbocycles. The lowest BCUT2D eigenvalue weighted by Crippen LogP contribution is -2.29. The summed E-state index contributed by atoms with van der Waals surface area (Å²) in [7, 11) is 0.664. The average Bonchev–Trinajstić information content (AvgIpc) is 3.73. The maximum absolute atomic E-state index is 13.5. The van der Waals surface area contributed by atoms with Crippen LogP contribution in [0.5, 0.6) is 0 Å². The molecule has 2 heterocycles. The van der Waals surface area contributed by atoms with Gasteiger partial charge in [0.1, 0.15) is 11.3 Å². The third kappa shape index (κ3) is 5.91. The number of nitrogens with one attached hydrogen (secondary N) is 2. The molecule has 0 aliphatic heterocycles. The molecule has 6 rings (SSSR count). The van der Waals surface area contributed by atoms with Gasteiger partial charge < -0.3 is 14.8 Å². The van der Waals surface area contributed by atoms with Gasteiger partial charge in [0.15, 0.2) is 9.84 Å². The topological polar surface area (TPSA) is 122 Å². The number of hydrogen-bond donors (Lipinski definition) is 2. The smallest absolute Gasteiger partial charge is 0.237 e. The molecular formula is C31H30ClN7O3S. The van der Waals surface area contributed by atoms with E-state index >= 15 is 0 Å². The minimum absolute atomic E-state index is 0.0161. The van der Waals surface area contributed by atoms with E-state index in [0.717, 1.165) is 35.3 Å². The molecule has 0 atom stereocenters. The molecule has 5 aromatic rings. The minimum Gasteiger partial charge on any atom is -0.327 e. The number of hydrogen-bond acceptors (Lipinski definition) is 8. The summed E-state index contributed by atoms with van der Waals surface area (Å²) in [5.41, 5.74) is 4.20. The second kappa shape index (κ2) is 11.0. The van der Waals surface area contributed by atoms with Gasteiger partial charge in [0, 0.05) is 37.3 Å². The summed E-state index contributed by atoms with van der Waals surface area (Å²) in [4.78, 5) is 29.2. The van der Waals surface area contributed by atoms with Crippen molar-refractivity contribution in [3.8, 4) is 0 Å². The van der Waals surface area contributed by atoms with E-state index in [-0.39, 0.29) is 11.7 Å². The van der Waals surface area contributed by atoms with E-state index in [2.05, 4.69) is 20.6 Å². The quantitative estimate of drug-likeness (QED) is 0.215. The Morgan fingerprint density at radius 1 is 1.02 bits per heavy atom. The van der Waals surface area contributed by atoms with Crippen molar-refractivity contribution in [2.24, 2.45) is 7.05 Å². The van der Waals surface area contributed by atoms with Gasteiger partial charge in [0.2, 0.25) is 17.8 Å². The summed E-state index contributed by atoms with van der Waals surface area (Å²) in [5, 5.41) is 6.88. The van der Waals surface area contributed by atoms with Crippen LogP contribution in [0.25, 0.3) is 11.0 Å². The standard InChI is InChI=1S/C31H30ClN7O3S/c1-38(26-15-18-33-29(35-26)34-23-13-7-20(8-14-23)19-43(3,41)42)24-5-4-6-25-27(24)36-30(39(25)2)37-28(40)31(16-17-31)21-9-11-22(32)12-10-21/h4-15,18H,16-17,19H2,1-3H3,(H,33,34,35)(H,36,37,40). The van der Waals surface area contributed by atoms with Gasteiger partial charge in [-0.3, -0.25) is 10.1 Å². The van der Waals surface area contributed by atoms with Crippen LogP contribution >= 0.6 is 11.6 Å². The molecule has 0 spiro atoms. The highest BCUT2D eigenvalue weighted by molar-refractivity contribution is 7.89. The highest BCUT2D eigenvalue weighted by Gasteiger charge is 2.51. The van der Waals surface area contributed by atoms with Gasteiger partial charge in [-0.05, 0) is 66.4 Å². The molecule has 2 N–H and O–H groups in total. The largest absolute Gasteiger partial charge is 0.327 e. The van der Waals surface area contributed by atoms with E-state index in [9.17, 15) is 13.2 Å². The number of sulfone groups is 1. The number of amides is 1. The number of aryl methyl sites for hydroxylation is 1. The number of halogens is 1. The molecule has 1 saturated carbocycles. The van der Waals surface area contributed by atoms with Crippen molar-refractivity contribution in [1.82, 2.24) is 19.5 Å². The SMILES string of the molecule is CN(c1ccnc(Nc2ccc(CS(C)(=O)=O)cc2)n1)c1cccc2c1nc(NC(=O)C1(c3ccc(Cl)cc3)CC1)n2C. The van der Waals surface area contributed by atoms with Crippen LogP contribution in [0, 0.1) is 0 Å². The van der Waals surface area contributed by atoms with Crippen LogP contribution in [0.3, 0.4) is 0 Å². The first-order valence-corrected chi connectivity index (χ1v) is 16.1. The van der Waals surface area contributed by atoms with E-state index in [0.29, 0.717) is 33.8 Å². The molecule has 1 amide bonds. The van der Waals surface area contributed by atoms with Crippen LogP contribution in [-0.2, 0) is 32.8 Å². The molecule has 2 aromatic heterocycles. The van der Waals surface area contributed by atoms with E-state index in [1.54, 1.807) is 36.5 Å². The van der Waals surface area contributed by atoms with Crippen LogP contribution in [0.15, 0.2) is 79.0 Å². The van der Waals surface area contributed by atoms with Crippen LogP contribution in [0.2, 0.25) is 5.02 Å². The average molecular weight is 616 g/mol. The number of fused-ring (bicyclic) bond motifs is 1. The van der Waals surface area contributed by atoms with Gasteiger partial charge >= 0.3 is 0 Å². The van der Waals surface area contributed by atoms with Crippen molar-refractivity contribution in [3.05, 3.63) is 95.1 Å². The maximum Gasteiger partial charge on any atom is 0.237 e. The molecule has 43 heavy (non-hydrogen) atoms. The Bertz CT molecular complexity index is 1940. The van der Waals surface area contributed by atoms with Gasteiger partial charge in [-0.2, -0.15) is 4.98 Å². The van der Waals surface area contributed by atoms with Crippen molar-refractivity contribution >= 4 is 67.5 Å². The number of aromatic nitrogens is 4. The third-order valence-corrected chi connectivity index (χ3v) is 8.79. The van der Waals surface area contributed by atoms with Gasteiger partial charge in [0.25, 0.3) is 0 Å². The Morgan fingerprint density at radius 3 is 2.42 bits per heavy atom. The van der Waals surface area contributed by atoms with E-state index in [1.807, 2.05) is 66.0 Å². The number of carbonyl (C=O) groups excluding carboxylic acids is 1. The third-order valence-electron chi connectivity index (χ3n) is 7.68. The second-order valence-corrected chi connectivity index (χ2v) is 13.4. The lowest BCUT2D eigenvalue weighted by molar-refractivity contribution is -0.118. The van der Waals surface area contributed by atoms with E-state index < -0.39 is 15.3 Å². The lowest BCUT2D eigenvalue weighted by Gasteiger charge is -2.19. The van der Waals surface area contributed by atoms with Crippen LogP contribution < -0.4 is 15.5 Å². The molecule has 0 saturated heterocycles. The molecule has 1 aliphatic carbocycles. The summed E-state index contributed by atoms with van der Waals surface area (Å²) >= 11 is 6.06. The second-order valence-electron chi connectivity index (χ2n) is 10.9. The number of carbonyl (C=O) groups is 1. The zero-order chi connectivity index (χ0) is 30.4. The fourth-order valence-electron chi connectivity index (χ4n) is 5.18. The minimum atomic E-state index is -3.11. The van der Waals surface area contributed by atoms with Crippen molar-refractivity contribution in [2.45, 2.75) is 24.0 Å². The summed E-state index contributed by atoms with van der Waals surface area (Å²) < 4.78 is 25.0. The molecule has 0 unspecified atom stereocenters. The number of rotatable bonds is 9. The highest BCUT2D eigenvalue weighted by Crippen LogP contribution is 2.49. The van der Waals surface area contributed by atoms with Gasteiger partial charge in [0.05, 0.1) is 22.4 Å². The fourth-order valence-corrected chi connectivity index (χ4v) is 6.10. The summed E-state index contributed by atoms with van der Waals surface area (Å²) in [6.45, 7) is 0. The molecule has 1 aliphatic rings. The van der Waals surface area contributed by atoms with Crippen molar-refractivity contribution < 1.29 is 13.2 Å². The van der Waals surface area contributed by atoms with Crippen LogP contribution in [0.4, 0.5) is 29.1 Å². The normalized spacial score (nSPS) is 14.0. The van der Waals surface area contributed by atoms with E-state index in [1.165, 1.54) is 6.26 Å². The zero-order valence-corrected chi connectivity index (χ0v) is 25.4. The first-order valence-electron chi connectivity index (χ1n) is 13.7. The van der Waals surface area contributed by atoms with Crippen molar-refractivity contribution in [3.63, 3.8) is 0 Å². The molecule has 220 valence electrons. The Kier molecular flexibility index (Phi) is 7.31. The molecule has 12 heteroatoms. The Labute approximate surface area is 254 Å². The Morgan fingerprint density at radius 2 is 1.74 bits per heavy atom. The summed E-state index contributed by atoms with van der Waals surface area (Å²) in [6.07, 6.45) is 4.42. The van der Waals surface area contributed by atoms with Crippen LogP contribution in [0.1, 0.15) is 24.0 Å². The predicted molar refractivity (Wildman–Crippen MR) is 170 cm³/mol. The monoisotopic (exact) mass is 615 g/mol. The van der Waals surface area contributed by atoms with Gasteiger partial charge in [-0.1, -0.05) is 41.9 Å². The van der Waals surface area contributed by atoms with Gasteiger partial charge in [-0.15, -0.1) is 0 Å².